The maximum absolute atomic E-state index is 12.5. The standard InChI is InChI=1S/C18H25N3O6/c1-3-4-5-7-16(19-2)27-13-8-9-14-15(12-13)18(23)20(17(14)22)10-6-11-26-21(24)25/h8-9,12,16,19H,3-7,10-11H2,1-2H3. The van der Waals surface area contributed by atoms with Gasteiger partial charge in [0.15, 0.2) is 0 Å². The van der Waals surface area contributed by atoms with E-state index in [0.29, 0.717) is 11.3 Å². The summed E-state index contributed by atoms with van der Waals surface area (Å²) in [6.07, 6.45) is 4.13. The van der Waals surface area contributed by atoms with Gasteiger partial charge in [-0.2, -0.15) is 0 Å². The molecule has 1 aromatic carbocycles. The van der Waals surface area contributed by atoms with Gasteiger partial charge in [0.1, 0.15) is 12.0 Å². The molecular weight excluding hydrogens is 354 g/mol. The maximum Gasteiger partial charge on any atom is 0.294 e. The molecule has 0 saturated carbocycles. The van der Waals surface area contributed by atoms with Crippen LogP contribution in [-0.4, -0.2) is 48.2 Å². The lowest BCUT2D eigenvalue weighted by Gasteiger charge is -2.18. The van der Waals surface area contributed by atoms with E-state index in [1.807, 2.05) is 7.05 Å². The molecular formula is C18H25N3O6. The van der Waals surface area contributed by atoms with Crippen molar-refractivity contribution in [2.45, 2.75) is 45.3 Å². The number of nitrogens with zero attached hydrogens (tertiary/aromatic N) is 2. The first-order valence-electron chi connectivity index (χ1n) is 9.09. The number of amides is 2. The zero-order chi connectivity index (χ0) is 19.8. The van der Waals surface area contributed by atoms with Crippen LogP contribution in [0.1, 0.15) is 59.7 Å². The highest BCUT2D eigenvalue weighted by Crippen LogP contribution is 2.27. The van der Waals surface area contributed by atoms with Crippen molar-refractivity contribution in [3.05, 3.63) is 39.4 Å². The monoisotopic (exact) mass is 379 g/mol. The first-order chi connectivity index (χ1) is 13.0. The number of benzene rings is 1. The number of rotatable bonds is 12. The van der Waals surface area contributed by atoms with E-state index in [1.54, 1.807) is 18.2 Å². The van der Waals surface area contributed by atoms with Crippen LogP contribution in [0.15, 0.2) is 18.2 Å². The van der Waals surface area contributed by atoms with Crippen LogP contribution in [0.4, 0.5) is 0 Å². The number of fused-ring (bicyclic) bond motifs is 1. The molecule has 1 unspecified atom stereocenters. The van der Waals surface area contributed by atoms with Crippen molar-refractivity contribution in [1.29, 1.82) is 0 Å². The molecule has 0 fully saturated rings. The number of ether oxygens (including phenoxy) is 1. The molecule has 1 heterocycles. The number of nitrogens with one attached hydrogen (secondary N) is 1. The van der Waals surface area contributed by atoms with Crippen molar-refractivity contribution < 1.29 is 24.3 Å². The van der Waals surface area contributed by atoms with Gasteiger partial charge in [-0.15, -0.1) is 10.1 Å². The molecule has 1 aliphatic rings. The average Bonchev–Trinajstić information content (AvgIpc) is 2.88. The highest BCUT2D eigenvalue weighted by Gasteiger charge is 2.35. The van der Waals surface area contributed by atoms with Gasteiger partial charge in [-0.3, -0.25) is 19.8 Å². The number of carbonyl (C=O) groups is 2. The van der Waals surface area contributed by atoms with Gasteiger partial charge in [-0.25, -0.2) is 0 Å². The molecule has 9 nitrogen and oxygen atoms in total. The van der Waals surface area contributed by atoms with Crippen molar-refractivity contribution in [1.82, 2.24) is 10.2 Å². The maximum atomic E-state index is 12.5. The fraction of sp³-hybridized carbons (Fsp3) is 0.556. The van der Waals surface area contributed by atoms with E-state index in [4.69, 9.17) is 4.74 Å². The predicted octanol–water partition coefficient (Wildman–Crippen LogP) is 2.39. The summed E-state index contributed by atoms with van der Waals surface area (Å²) in [5.41, 5.74) is 0.602. The van der Waals surface area contributed by atoms with Crippen LogP contribution in [0, 0.1) is 10.1 Å². The summed E-state index contributed by atoms with van der Waals surface area (Å²) in [6, 6.07) is 4.83. The van der Waals surface area contributed by atoms with Gasteiger partial charge >= 0.3 is 0 Å². The second-order valence-electron chi connectivity index (χ2n) is 6.27. The summed E-state index contributed by atoms with van der Waals surface area (Å²) >= 11 is 0. The second kappa shape index (κ2) is 9.86. The van der Waals surface area contributed by atoms with Gasteiger partial charge in [0, 0.05) is 6.54 Å². The Balaban J connectivity index is 2.00. The summed E-state index contributed by atoms with van der Waals surface area (Å²) in [4.78, 5) is 40.3. The first kappa shape index (κ1) is 20.6. The van der Waals surface area contributed by atoms with Crippen LogP contribution in [0.5, 0.6) is 5.75 Å². The summed E-state index contributed by atoms with van der Waals surface area (Å²) in [6.45, 7) is 2.02. The lowest BCUT2D eigenvalue weighted by atomic mass is 10.1. The average molecular weight is 379 g/mol. The fourth-order valence-corrected chi connectivity index (χ4v) is 2.91. The third-order valence-corrected chi connectivity index (χ3v) is 4.34. The summed E-state index contributed by atoms with van der Waals surface area (Å²) in [5.74, 6) is -0.311. The fourth-order valence-electron chi connectivity index (χ4n) is 2.91. The molecule has 1 atom stereocenters. The number of hydrogen-bond donors (Lipinski definition) is 1. The van der Waals surface area contributed by atoms with E-state index in [-0.39, 0.29) is 31.4 Å². The SMILES string of the molecule is CCCCCC(NC)Oc1ccc2c(c1)C(=O)N(CCCO[N+](=O)[O-])C2=O. The van der Waals surface area contributed by atoms with E-state index < -0.39 is 16.9 Å². The van der Waals surface area contributed by atoms with Gasteiger partial charge in [0.05, 0.1) is 17.7 Å². The third kappa shape index (κ3) is 5.40. The lowest BCUT2D eigenvalue weighted by molar-refractivity contribution is -0.757. The van der Waals surface area contributed by atoms with Crippen LogP contribution in [0.25, 0.3) is 0 Å². The quantitative estimate of drug-likeness (QED) is 0.195. The van der Waals surface area contributed by atoms with Crippen molar-refractivity contribution in [2.75, 3.05) is 20.2 Å². The number of carbonyl (C=O) groups excluding carboxylic acids is 2. The Kier molecular flexibility index (Phi) is 7.54. The highest BCUT2D eigenvalue weighted by molar-refractivity contribution is 6.21. The molecule has 0 bridgehead atoms. The highest BCUT2D eigenvalue weighted by atomic mass is 16.9. The minimum absolute atomic E-state index is 0.0620. The Morgan fingerprint density at radius 2 is 1.93 bits per heavy atom. The van der Waals surface area contributed by atoms with E-state index in [9.17, 15) is 19.7 Å². The Bertz CT molecular complexity index is 694. The minimum Gasteiger partial charge on any atom is -0.475 e. The Morgan fingerprint density at radius 3 is 2.59 bits per heavy atom. The smallest absolute Gasteiger partial charge is 0.294 e. The Morgan fingerprint density at radius 1 is 1.19 bits per heavy atom. The molecule has 0 spiro atoms. The molecule has 0 aliphatic carbocycles. The van der Waals surface area contributed by atoms with Crippen LogP contribution in [0.2, 0.25) is 0 Å². The van der Waals surface area contributed by atoms with Crippen molar-refractivity contribution in [3.63, 3.8) is 0 Å². The normalized spacial score (nSPS) is 14.2. The third-order valence-electron chi connectivity index (χ3n) is 4.34. The molecule has 0 aromatic heterocycles. The van der Waals surface area contributed by atoms with Crippen LogP contribution >= 0.6 is 0 Å². The predicted molar refractivity (Wildman–Crippen MR) is 97.0 cm³/mol. The molecule has 1 N–H and O–H groups in total. The van der Waals surface area contributed by atoms with Gasteiger partial charge in [-0.05, 0) is 44.5 Å². The molecule has 2 amide bonds. The zero-order valence-corrected chi connectivity index (χ0v) is 15.6. The minimum atomic E-state index is -0.898. The Hall–Kier alpha value is -2.68. The molecule has 27 heavy (non-hydrogen) atoms. The number of imide groups is 1. The molecule has 9 heteroatoms. The molecule has 2 rings (SSSR count). The molecule has 148 valence electrons. The summed E-state index contributed by atoms with van der Waals surface area (Å²) in [7, 11) is 1.81. The van der Waals surface area contributed by atoms with E-state index in [0.717, 1.165) is 30.6 Å². The molecule has 1 aromatic rings. The van der Waals surface area contributed by atoms with Gasteiger partial charge < -0.3 is 9.57 Å². The van der Waals surface area contributed by atoms with Crippen LogP contribution < -0.4 is 10.1 Å². The summed E-state index contributed by atoms with van der Waals surface area (Å²) in [5, 5.41) is 12.4. The van der Waals surface area contributed by atoms with Crippen molar-refractivity contribution in [2.24, 2.45) is 0 Å². The van der Waals surface area contributed by atoms with Crippen molar-refractivity contribution in [3.8, 4) is 5.75 Å². The largest absolute Gasteiger partial charge is 0.475 e. The number of hydrogen-bond acceptors (Lipinski definition) is 7. The Labute approximate surface area is 157 Å². The van der Waals surface area contributed by atoms with Gasteiger partial charge in [0.25, 0.3) is 16.9 Å². The van der Waals surface area contributed by atoms with Gasteiger partial charge in [-0.1, -0.05) is 19.8 Å². The molecule has 0 saturated heterocycles. The first-order valence-corrected chi connectivity index (χ1v) is 9.09. The molecule has 0 radical (unpaired) electrons. The zero-order valence-electron chi connectivity index (χ0n) is 15.6. The van der Waals surface area contributed by atoms with Crippen LogP contribution in [-0.2, 0) is 4.84 Å². The topological polar surface area (TPSA) is 111 Å². The van der Waals surface area contributed by atoms with Gasteiger partial charge in [0.2, 0.25) is 0 Å². The van der Waals surface area contributed by atoms with E-state index in [1.165, 1.54) is 0 Å². The van der Waals surface area contributed by atoms with E-state index >= 15 is 0 Å². The summed E-state index contributed by atoms with van der Waals surface area (Å²) < 4.78 is 5.89. The second-order valence-corrected chi connectivity index (χ2v) is 6.27. The van der Waals surface area contributed by atoms with Crippen LogP contribution in [0.3, 0.4) is 0 Å². The van der Waals surface area contributed by atoms with E-state index in [2.05, 4.69) is 17.1 Å². The lowest BCUT2D eigenvalue weighted by Crippen LogP contribution is -2.31. The molecule has 1 aliphatic heterocycles. The number of unbranched alkanes of at least 4 members (excludes halogenated alkanes) is 2. The van der Waals surface area contributed by atoms with Crippen molar-refractivity contribution >= 4 is 11.8 Å².